The van der Waals surface area contributed by atoms with Gasteiger partial charge in [-0.15, -0.1) is 0 Å². The topological polar surface area (TPSA) is 38.8 Å². The third kappa shape index (κ3) is 6.99. The van der Waals surface area contributed by atoms with Crippen LogP contribution in [-0.2, 0) is 11.3 Å². The Bertz CT molecular complexity index is 470. The molecule has 24 heavy (non-hydrogen) atoms. The summed E-state index contributed by atoms with van der Waals surface area (Å²) in [6.07, 6.45) is 1.74. The van der Waals surface area contributed by atoms with Crippen molar-refractivity contribution in [3.05, 3.63) is 35.9 Å². The second kappa shape index (κ2) is 10.4. The highest BCUT2D eigenvalue weighted by atomic mass is 16.2. The van der Waals surface area contributed by atoms with Gasteiger partial charge in [-0.05, 0) is 39.2 Å². The van der Waals surface area contributed by atoms with Gasteiger partial charge in [0, 0.05) is 45.7 Å². The number of amides is 1. The van der Waals surface area contributed by atoms with Crippen LogP contribution in [0.4, 0.5) is 0 Å². The molecule has 1 aliphatic heterocycles. The molecular formula is C19H32N4O. The van der Waals surface area contributed by atoms with Gasteiger partial charge in [0.15, 0.2) is 0 Å². The molecule has 0 aliphatic carbocycles. The summed E-state index contributed by atoms with van der Waals surface area (Å²) in [7, 11) is 4.17. The number of benzene rings is 1. The number of carbonyl (C=O) groups excluding carboxylic acids is 1. The van der Waals surface area contributed by atoms with E-state index in [9.17, 15) is 4.79 Å². The molecule has 5 nitrogen and oxygen atoms in total. The van der Waals surface area contributed by atoms with Crippen LogP contribution in [-0.4, -0.2) is 80.5 Å². The fourth-order valence-electron chi connectivity index (χ4n) is 3.00. The highest BCUT2D eigenvalue weighted by molar-refractivity contribution is 5.76. The summed E-state index contributed by atoms with van der Waals surface area (Å²) in [5.74, 6) is 0.287. The van der Waals surface area contributed by atoms with Crippen LogP contribution in [0.15, 0.2) is 30.3 Å². The van der Waals surface area contributed by atoms with E-state index in [1.807, 2.05) is 4.90 Å². The van der Waals surface area contributed by atoms with Crippen LogP contribution in [0.3, 0.4) is 0 Å². The highest BCUT2D eigenvalue weighted by Gasteiger charge is 2.20. The van der Waals surface area contributed by atoms with Gasteiger partial charge in [0.25, 0.3) is 0 Å². The molecule has 1 fully saturated rings. The third-order valence-electron chi connectivity index (χ3n) is 4.45. The van der Waals surface area contributed by atoms with Crippen molar-refractivity contribution in [3.8, 4) is 0 Å². The Hall–Kier alpha value is -1.43. The minimum Gasteiger partial charge on any atom is -0.340 e. The molecule has 0 spiro atoms. The van der Waals surface area contributed by atoms with E-state index >= 15 is 0 Å². The first-order valence-corrected chi connectivity index (χ1v) is 9.04. The summed E-state index contributed by atoms with van der Waals surface area (Å²) in [5, 5.41) is 3.37. The molecule has 1 aromatic carbocycles. The number of hydrogen-bond donors (Lipinski definition) is 1. The molecule has 1 N–H and O–H groups in total. The first kappa shape index (κ1) is 18.9. The molecule has 0 bridgehead atoms. The lowest BCUT2D eigenvalue weighted by Gasteiger charge is -2.34. The first-order chi connectivity index (χ1) is 11.6. The molecule has 1 heterocycles. The maximum absolute atomic E-state index is 12.3. The lowest BCUT2D eigenvalue weighted by molar-refractivity contribution is -0.132. The largest absolute Gasteiger partial charge is 0.340 e. The van der Waals surface area contributed by atoms with Gasteiger partial charge in [0.2, 0.25) is 5.91 Å². The van der Waals surface area contributed by atoms with Gasteiger partial charge in [-0.3, -0.25) is 9.69 Å². The van der Waals surface area contributed by atoms with E-state index in [-0.39, 0.29) is 5.91 Å². The Morgan fingerprint density at radius 1 is 1.08 bits per heavy atom. The highest BCUT2D eigenvalue weighted by Crippen LogP contribution is 2.09. The van der Waals surface area contributed by atoms with Crippen molar-refractivity contribution < 1.29 is 4.79 Å². The van der Waals surface area contributed by atoms with E-state index in [0.717, 1.165) is 58.8 Å². The number of nitrogens with zero attached hydrogens (tertiary/aromatic N) is 3. The summed E-state index contributed by atoms with van der Waals surface area (Å²) < 4.78 is 0. The van der Waals surface area contributed by atoms with Crippen LogP contribution in [0.2, 0.25) is 0 Å². The van der Waals surface area contributed by atoms with E-state index in [4.69, 9.17) is 0 Å². The zero-order chi connectivity index (χ0) is 17.2. The SMILES string of the molecule is CN(C)CCCNCCC(=O)N1CCN(Cc2ccccc2)CC1. The summed E-state index contributed by atoms with van der Waals surface area (Å²) in [4.78, 5) is 18.9. The van der Waals surface area contributed by atoms with Gasteiger partial charge in [-0.2, -0.15) is 0 Å². The lowest BCUT2D eigenvalue weighted by atomic mass is 10.2. The smallest absolute Gasteiger partial charge is 0.223 e. The predicted molar refractivity (Wildman–Crippen MR) is 99.0 cm³/mol. The lowest BCUT2D eigenvalue weighted by Crippen LogP contribution is -2.48. The Morgan fingerprint density at radius 3 is 2.46 bits per heavy atom. The number of carbonyl (C=O) groups is 1. The van der Waals surface area contributed by atoms with E-state index in [2.05, 4.69) is 59.5 Å². The Kier molecular flexibility index (Phi) is 8.22. The predicted octanol–water partition coefficient (Wildman–Crippen LogP) is 1.26. The second-order valence-corrected chi connectivity index (χ2v) is 6.80. The molecule has 1 aliphatic rings. The molecule has 0 radical (unpaired) electrons. The maximum atomic E-state index is 12.3. The zero-order valence-electron chi connectivity index (χ0n) is 15.2. The number of nitrogens with one attached hydrogen (secondary N) is 1. The molecule has 0 unspecified atom stereocenters. The minimum atomic E-state index is 0.287. The molecule has 1 saturated heterocycles. The molecule has 1 aromatic rings. The molecule has 0 atom stereocenters. The normalized spacial score (nSPS) is 15.9. The van der Waals surface area contributed by atoms with E-state index in [0.29, 0.717) is 6.42 Å². The van der Waals surface area contributed by atoms with Gasteiger partial charge >= 0.3 is 0 Å². The standard InChI is InChI=1S/C19H32N4O/c1-21(2)12-6-10-20-11-9-19(24)23-15-13-22(14-16-23)17-18-7-4-3-5-8-18/h3-5,7-8,20H,6,9-17H2,1-2H3. The van der Waals surface area contributed by atoms with Gasteiger partial charge < -0.3 is 15.1 Å². The van der Waals surface area contributed by atoms with Crippen molar-refractivity contribution in [2.75, 3.05) is 59.9 Å². The van der Waals surface area contributed by atoms with Crippen LogP contribution < -0.4 is 5.32 Å². The summed E-state index contributed by atoms with van der Waals surface area (Å²) in [5.41, 5.74) is 1.35. The Morgan fingerprint density at radius 2 is 1.79 bits per heavy atom. The third-order valence-corrected chi connectivity index (χ3v) is 4.45. The van der Waals surface area contributed by atoms with Gasteiger partial charge in [-0.25, -0.2) is 0 Å². The molecule has 134 valence electrons. The van der Waals surface area contributed by atoms with E-state index < -0.39 is 0 Å². The monoisotopic (exact) mass is 332 g/mol. The van der Waals surface area contributed by atoms with Crippen LogP contribution in [0.1, 0.15) is 18.4 Å². The van der Waals surface area contributed by atoms with Crippen molar-refractivity contribution in [1.29, 1.82) is 0 Å². The molecule has 0 aromatic heterocycles. The molecule has 5 heteroatoms. The van der Waals surface area contributed by atoms with Crippen molar-refractivity contribution in [1.82, 2.24) is 20.0 Å². The summed E-state index contributed by atoms with van der Waals surface area (Å²) in [6, 6.07) is 10.6. The van der Waals surface area contributed by atoms with E-state index in [1.165, 1.54) is 5.56 Å². The first-order valence-electron chi connectivity index (χ1n) is 9.04. The quantitative estimate of drug-likeness (QED) is 0.691. The Balaban J connectivity index is 1.57. The molecular weight excluding hydrogens is 300 g/mol. The van der Waals surface area contributed by atoms with E-state index in [1.54, 1.807) is 0 Å². The van der Waals surface area contributed by atoms with Crippen LogP contribution >= 0.6 is 0 Å². The molecule has 2 rings (SSSR count). The van der Waals surface area contributed by atoms with Crippen molar-refractivity contribution in [2.45, 2.75) is 19.4 Å². The van der Waals surface area contributed by atoms with Crippen molar-refractivity contribution >= 4 is 5.91 Å². The van der Waals surface area contributed by atoms with Gasteiger partial charge in [0.05, 0.1) is 0 Å². The minimum absolute atomic E-state index is 0.287. The van der Waals surface area contributed by atoms with Crippen molar-refractivity contribution in [3.63, 3.8) is 0 Å². The fourth-order valence-corrected chi connectivity index (χ4v) is 3.00. The fraction of sp³-hybridized carbons (Fsp3) is 0.632. The van der Waals surface area contributed by atoms with Crippen LogP contribution in [0.5, 0.6) is 0 Å². The average molecular weight is 332 g/mol. The van der Waals surface area contributed by atoms with Crippen LogP contribution in [0.25, 0.3) is 0 Å². The number of hydrogen-bond acceptors (Lipinski definition) is 4. The summed E-state index contributed by atoms with van der Waals surface area (Å²) in [6.45, 7) is 7.49. The van der Waals surface area contributed by atoms with Gasteiger partial charge in [0.1, 0.15) is 0 Å². The second-order valence-electron chi connectivity index (χ2n) is 6.80. The number of rotatable bonds is 9. The van der Waals surface area contributed by atoms with Crippen LogP contribution in [0, 0.1) is 0 Å². The molecule has 0 saturated carbocycles. The van der Waals surface area contributed by atoms with Gasteiger partial charge in [-0.1, -0.05) is 30.3 Å². The van der Waals surface area contributed by atoms with Crippen molar-refractivity contribution in [2.24, 2.45) is 0 Å². The number of piperazine rings is 1. The average Bonchev–Trinajstić information content (AvgIpc) is 2.59. The Labute approximate surface area is 146 Å². The summed E-state index contributed by atoms with van der Waals surface area (Å²) >= 11 is 0. The molecule has 1 amide bonds. The maximum Gasteiger partial charge on any atom is 0.223 e. The zero-order valence-corrected chi connectivity index (χ0v) is 15.2.